The first-order valence-electron chi connectivity index (χ1n) is 9.96. The summed E-state index contributed by atoms with van der Waals surface area (Å²) in [5, 5.41) is 2.37. The van der Waals surface area contributed by atoms with Gasteiger partial charge in [-0.15, -0.1) is 37.2 Å². The summed E-state index contributed by atoms with van der Waals surface area (Å²) in [7, 11) is 0. The van der Waals surface area contributed by atoms with Gasteiger partial charge in [-0.05, 0) is 25.0 Å². The van der Waals surface area contributed by atoms with E-state index in [9.17, 15) is 0 Å². The van der Waals surface area contributed by atoms with Crippen molar-refractivity contribution in [1.82, 2.24) is 24.8 Å². The number of thioether (sulfide) groups is 1. The van der Waals surface area contributed by atoms with Crippen molar-refractivity contribution in [3.63, 3.8) is 0 Å². The number of aromatic nitrogens is 4. The molecule has 0 bridgehead atoms. The van der Waals surface area contributed by atoms with Crippen LogP contribution in [0.15, 0.2) is 29.8 Å². The lowest BCUT2D eigenvalue weighted by atomic mass is 10.2. The number of H-pyrrole nitrogens is 2. The first-order chi connectivity index (χ1) is 13.7. The number of benzene rings is 1. The second-order valence-corrected chi connectivity index (χ2v) is 8.96. The Balaban J connectivity index is 0.00000160. The number of aromatic amines is 2. The van der Waals surface area contributed by atoms with Gasteiger partial charge in [0, 0.05) is 49.9 Å². The SMILES string of the molecule is CCC(CC)Sc1nc2cc(N3CCN(Cc4cnc[nH]4)CC3)c(Cl)cc2[nH]1.Cl.Cl.Cl. The van der Waals surface area contributed by atoms with E-state index in [0.717, 1.165) is 78.2 Å². The third-order valence-electron chi connectivity index (χ3n) is 5.38. The van der Waals surface area contributed by atoms with Gasteiger partial charge in [0.1, 0.15) is 0 Å². The van der Waals surface area contributed by atoms with Crippen LogP contribution < -0.4 is 4.90 Å². The van der Waals surface area contributed by atoms with Crippen molar-refractivity contribution in [2.45, 2.75) is 43.6 Å². The molecule has 174 valence electrons. The van der Waals surface area contributed by atoms with Crippen LogP contribution in [-0.4, -0.2) is 56.3 Å². The third-order valence-corrected chi connectivity index (χ3v) is 7.10. The van der Waals surface area contributed by atoms with E-state index in [1.807, 2.05) is 24.0 Å². The lowest BCUT2D eigenvalue weighted by molar-refractivity contribution is 0.247. The molecule has 3 heterocycles. The van der Waals surface area contributed by atoms with E-state index in [1.54, 1.807) is 6.33 Å². The monoisotopic (exact) mass is 526 g/mol. The van der Waals surface area contributed by atoms with E-state index in [1.165, 1.54) is 0 Å². The average molecular weight is 528 g/mol. The number of rotatable bonds is 7. The fourth-order valence-corrected chi connectivity index (χ4v) is 4.92. The molecule has 1 fully saturated rings. The van der Waals surface area contributed by atoms with Crippen LogP contribution in [0.2, 0.25) is 5.02 Å². The summed E-state index contributed by atoms with van der Waals surface area (Å²) in [6, 6.07) is 4.16. The molecule has 0 amide bonds. The van der Waals surface area contributed by atoms with E-state index >= 15 is 0 Å². The number of nitrogens with zero attached hydrogens (tertiary/aromatic N) is 4. The van der Waals surface area contributed by atoms with Crippen molar-refractivity contribution in [3.8, 4) is 0 Å². The molecule has 2 aromatic heterocycles. The van der Waals surface area contributed by atoms with Crippen molar-refractivity contribution < 1.29 is 0 Å². The van der Waals surface area contributed by atoms with Gasteiger partial charge >= 0.3 is 0 Å². The van der Waals surface area contributed by atoms with Gasteiger partial charge in [-0.3, -0.25) is 4.90 Å². The van der Waals surface area contributed by atoms with E-state index in [2.05, 4.69) is 44.7 Å². The first kappa shape index (κ1) is 28.2. The smallest absolute Gasteiger partial charge is 0.166 e. The highest BCUT2D eigenvalue weighted by Gasteiger charge is 2.21. The highest BCUT2D eigenvalue weighted by Crippen LogP contribution is 2.33. The molecule has 1 aromatic carbocycles. The number of hydrogen-bond donors (Lipinski definition) is 2. The van der Waals surface area contributed by atoms with Gasteiger partial charge < -0.3 is 14.9 Å². The van der Waals surface area contributed by atoms with Crippen molar-refractivity contribution in [3.05, 3.63) is 35.4 Å². The Morgan fingerprint density at radius 1 is 1.10 bits per heavy atom. The highest BCUT2D eigenvalue weighted by molar-refractivity contribution is 7.99. The Bertz CT molecular complexity index is 908. The summed E-state index contributed by atoms with van der Waals surface area (Å²) in [6.45, 7) is 9.29. The molecule has 4 rings (SSSR count). The largest absolute Gasteiger partial charge is 0.368 e. The number of anilines is 1. The Hall–Kier alpha value is -0.830. The van der Waals surface area contributed by atoms with E-state index < -0.39 is 0 Å². The molecular formula is C20H30Cl4N6S. The standard InChI is InChI=1S/C20H27ClN6S.3ClH/c1-3-15(4-2)28-20-24-17-9-16(21)19(10-18(17)25-20)27-7-5-26(6-8-27)12-14-11-22-13-23-14;;;/h9-11,13,15H,3-8,12H2,1-2H3,(H,22,23)(H,24,25);3*1H. The van der Waals surface area contributed by atoms with Gasteiger partial charge in [-0.2, -0.15) is 0 Å². The number of halogens is 4. The van der Waals surface area contributed by atoms with Gasteiger partial charge in [0.05, 0.1) is 28.1 Å². The maximum Gasteiger partial charge on any atom is 0.166 e. The second kappa shape index (κ2) is 13.0. The lowest BCUT2D eigenvalue weighted by Crippen LogP contribution is -2.46. The average Bonchev–Trinajstić information content (AvgIpc) is 3.35. The van der Waals surface area contributed by atoms with Crippen LogP contribution in [0.4, 0.5) is 5.69 Å². The van der Waals surface area contributed by atoms with Crippen LogP contribution in [0, 0.1) is 0 Å². The second-order valence-electron chi connectivity index (χ2n) is 7.26. The predicted octanol–water partition coefficient (Wildman–Crippen LogP) is 5.81. The number of piperazine rings is 1. The third kappa shape index (κ3) is 6.83. The number of nitrogens with one attached hydrogen (secondary N) is 2. The Labute approximate surface area is 211 Å². The number of hydrogen-bond acceptors (Lipinski definition) is 5. The molecule has 0 unspecified atom stereocenters. The maximum absolute atomic E-state index is 6.63. The first-order valence-corrected chi connectivity index (χ1v) is 11.2. The molecule has 3 aromatic rings. The Kier molecular flexibility index (Phi) is 11.8. The van der Waals surface area contributed by atoms with Gasteiger partial charge in [0.25, 0.3) is 0 Å². The summed E-state index contributed by atoms with van der Waals surface area (Å²) in [5.41, 5.74) is 4.25. The van der Waals surface area contributed by atoms with Crippen LogP contribution in [0.5, 0.6) is 0 Å². The van der Waals surface area contributed by atoms with Crippen molar-refractivity contribution in [1.29, 1.82) is 0 Å². The minimum absolute atomic E-state index is 0. The fraction of sp³-hybridized carbons (Fsp3) is 0.500. The molecule has 1 aliphatic heterocycles. The summed E-state index contributed by atoms with van der Waals surface area (Å²) < 4.78 is 0. The molecule has 31 heavy (non-hydrogen) atoms. The molecule has 6 nitrogen and oxygen atoms in total. The summed E-state index contributed by atoms with van der Waals surface area (Å²) in [4.78, 5) is 20.3. The molecule has 0 atom stereocenters. The molecule has 0 radical (unpaired) electrons. The lowest BCUT2D eigenvalue weighted by Gasteiger charge is -2.36. The molecule has 1 aliphatic rings. The topological polar surface area (TPSA) is 63.8 Å². The zero-order chi connectivity index (χ0) is 19.5. The minimum atomic E-state index is 0. The maximum atomic E-state index is 6.63. The minimum Gasteiger partial charge on any atom is -0.368 e. The van der Waals surface area contributed by atoms with Crippen LogP contribution in [0.3, 0.4) is 0 Å². The molecule has 0 saturated carbocycles. The van der Waals surface area contributed by atoms with Crippen molar-refractivity contribution in [2.24, 2.45) is 0 Å². The van der Waals surface area contributed by atoms with Crippen LogP contribution in [-0.2, 0) is 6.54 Å². The van der Waals surface area contributed by atoms with Crippen LogP contribution in [0.1, 0.15) is 32.4 Å². The Morgan fingerprint density at radius 3 is 2.42 bits per heavy atom. The van der Waals surface area contributed by atoms with Crippen LogP contribution >= 0.6 is 60.6 Å². The number of imidazole rings is 2. The summed E-state index contributed by atoms with van der Waals surface area (Å²) in [6.07, 6.45) is 5.92. The van der Waals surface area contributed by atoms with Gasteiger partial charge in [0.2, 0.25) is 0 Å². The fourth-order valence-electron chi connectivity index (χ4n) is 3.67. The van der Waals surface area contributed by atoms with Gasteiger partial charge in [-0.25, -0.2) is 9.97 Å². The van der Waals surface area contributed by atoms with Crippen molar-refractivity contribution in [2.75, 3.05) is 31.1 Å². The molecule has 1 saturated heterocycles. The van der Waals surface area contributed by atoms with Gasteiger partial charge in [0.15, 0.2) is 5.16 Å². The van der Waals surface area contributed by atoms with E-state index in [4.69, 9.17) is 16.6 Å². The normalized spacial score (nSPS) is 14.3. The summed E-state index contributed by atoms with van der Waals surface area (Å²) in [5.74, 6) is 0. The highest BCUT2D eigenvalue weighted by atomic mass is 35.5. The molecule has 11 heteroatoms. The van der Waals surface area contributed by atoms with E-state index in [0.29, 0.717) is 5.25 Å². The molecular weight excluding hydrogens is 498 g/mol. The predicted molar refractivity (Wildman–Crippen MR) is 139 cm³/mol. The summed E-state index contributed by atoms with van der Waals surface area (Å²) >= 11 is 8.46. The molecule has 0 aliphatic carbocycles. The molecule has 2 N–H and O–H groups in total. The zero-order valence-electron chi connectivity index (χ0n) is 17.6. The molecule has 0 spiro atoms. The van der Waals surface area contributed by atoms with E-state index in [-0.39, 0.29) is 37.2 Å². The van der Waals surface area contributed by atoms with Crippen molar-refractivity contribution >= 4 is 77.3 Å². The van der Waals surface area contributed by atoms with Crippen LogP contribution in [0.25, 0.3) is 11.0 Å². The van der Waals surface area contributed by atoms with Gasteiger partial charge in [-0.1, -0.05) is 37.2 Å². The Morgan fingerprint density at radius 2 is 1.81 bits per heavy atom. The quantitative estimate of drug-likeness (QED) is 0.379. The number of fused-ring (bicyclic) bond motifs is 1. The zero-order valence-corrected chi connectivity index (χ0v) is 21.7.